The van der Waals surface area contributed by atoms with E-state index in [0.29, 0.717) is 5.88 Å². The van der Waals surface area contributed by atoms with E-state index in [-0.39, 0.29) is 10.8 Å². The zero-order valence-corrected chi connectivity index (χ0v) is 15.1. The molecule has 1 N–H and O–H groups in total. The van der Waals surface area contributed by atoms with Crippen molar-refractivity contribution in [1.82, 2.24) is 9.71 Å². The quantitative estimate of drug-likeness (QED) is 0.830. The molecule has 0 fully saturated rings. The van der Waals surface area contributed by atoms with E-state index < -0.39 is 11.4 Å². The molecule has 2 aromatic rings. The Labute approximate surface area is 141 Å². The highest BCUT2D eigenvalue weighted by molar-refractivity contribution is 7.90. The Hall–Kier alpha value is -1.56. The number of pyridine rings is 1. The number of nitrogens with one attached hydrogen (secondary N) is 1. The highest BCUT2D eigenvalue weighted by Crippen LogP contribution is 2.23. The summed E-state index contributed by atoms with van der Waals surface area (Å²) in [6.07, 6.45) is 1.75. The first-order chi connectivity index (χ1) is 10.8. The Bertz CT molecular complexity index is 621. The normalized spacial score (nSPS) is 14.3. The van der Waals surface area contributed by atoms with E-state index in [0.717, 1.165) is 11.3 Å². The second-order valence-electron chi connectivity index (χ2n) is 6.57. The summed E-state index contributed by atoms with van der Waals surface area (Å²) >= 11 is -1.12. The molecule has 2 unspecified atom stereocenters. The van der Waals surface area contributed by atoms with Gasteiger partial charge in [0.15, 0.2) is 0 Å². The Morgan fingerprint density at radius 2 is 1.78 bits per heavy atom. The molecule has 4 nitrogen and oxygen atoms in total. The molecule has 0 saturated carbocycles. The van der Waals surface area contributed by atoms with Crippen LogP contribution in [0.2, 0.25) is 0 Å². The standard InChI is InChI=1S/C18H24N2O2S/c1-13-6-9-16(10-7-13)22-17-11-8-15(12-19-17)14(2)20-23(21)18(3,4)5/h6-12,14,20H,1-5H3. The summed E-state index contributed by atoms with van der Waals surface area (Å²) in [5.74, 6) is 1.30. The van der Waals surface area contributed by atoms with Gasteiger partial charge in [-0.15, -0.1) is 4.72 Å². The second-order valence-corrected chi connectivity index (χ2v) is 8.56. The minimum atomic E-state index is -1.12. The van der Waals surface area contributed by atoms with Gasteiger partial charge in [0.05, 0.1) is 6.04 Å². The molecule has 0 amide bonds. The van der Waals surface area contributed by atoms with Crippen LogP contribution in [0.15, 0.2) is 42.6 Å². The van der Waals surface area contributed by atoms with Crippen molar-refractivity contribution in [2.75, 3.05) is 0 Å². The van der Waals surface area contributed by atoms with Gasteiger partial charge in [0.25, 0.3) is 0 Å². The molecule has 0 spiro atoms. The van der Waals surface area contributed by atoms with Gasteiger partial charge in [0.2, 0.25) is 5.88 Å². The summed E-state index contributed by atoms with van der Waals surface area (Å²) in [5.41, 5.74) is 2.16. The van der Waals surface area contributed by atoms with Gasteiger partial charge in [-0.25, -0.2) is 4.98 Å². The Kier molecular flexibility index (Phi) is 5.68. The van der Waals surface area contributed by atoms with Crippen LogP contribution in [0, 0.1) is 6.92 Å². The van der Waals surface area contributed by atoms with Crippen molar-refractivity contribution >= 4 is 11.4 Å². The third-order valence-corrected chi connectivity index (χ3v) is 5.02. The van der Waals surface area contributed by atoms with Gasteiger partial charge < -0.3 is 9.29 Å². The first-order valence-corrected chi connectivity index (χ1v) is 8.79. The maximum atomic E-state index is 12.1. The molecular formula is C18H24N2O2S. The van der Waals surface area contributed by atoms with Crippen molar-refractivity contribution in [3.8, 4) is 11.6 Å². The first kappa shape index (κ1) is 17.8. The summed E-state index contributed by atoms with van der Waals surface area (Å²) in [4.78, 5) is 4.33. The van der Waals surface area contributed by atoms with Gasteiger partial charge in [-0.05, 0) is 52.3 Å². The monoisotopic (exact) mass is 332 g/mol. The minimum absolute atomic E-state index is 0.0454. The molecule has 0 radical (unpaired) electrons. The van der Waals surface area contributed by atoms with Crippen LogP contribution in [0.5, 0.6) is 11.6 Å². The molecule has 0 saturated heterocycles. The topological polar surface area (TPSA) is 57.2 Å². The van der Waals surface area contributed by atoms with Crippen LogP contribution in [0.3, 0.4) is 0 Å². The predicted molar refractivity (Wildman–Crippen MR) is 94.9 cm³/mol. The largest absolute Gasteiger partial charge is 0.598 e. The maximum Gasteiger partial charge on any atom is 0.219 e. The number of aryl methyl sites for hydroxylation is 1. The van der Waals surface area contributed by atoms with Crippen LogP contribution in [0.4, 0.5) is 0 Å². The van der Waals surface area contributed by atoms with Crippen molar-refractivity contribution in [2.24, 2.45) is 0 Å². The van der Waals surface area contributed by atoms with E-state index in [1.54, 1.807) is 6.20 Å². The Morgan fingerprint density at radius 1 is 1.13 bits per heavy atom. The van der Waals surface area contributed by atoms with E-state index in [1.807, 2.05) is 71.0 Å². The third kappa shape index (κ3) is 5.23. The third-order valence-electron chi connectivity index (χ3n) is 3.34. The first-order valence-electron chi connectivity index (χ1n) is 7.64. The number of rotatable bonds is 5. The van der Waals surface area contributed by atoms with E-state index >= 15 is 0 Å². The summed E-state index contributed by atoms with van der Waals surface area (Å²) < 4.78 is 20.7. The molecule has 2 atom stereocenters. The summed E-state index contributed by atoms with van der Waals surface area (Å²) in [6.45, 7) is 9.84. The fourth-order valence-corrected chi connectivity index (χ4v) is 2.65. The highest BCUT2D eigenvalue weighted by atomic mass is 32.2. The SMILES string of the molecule is Cc1ccc(Oc2ccc(C(C)N[S+]([O-])C(C)(C)C)cn2)cc1. The van der Waals surface area contributed by atoms with Gasteiger partial charge in [-0.1, -0.05) is 23.8 Å². The lowest BCUT2D eigenvalue weighted by Crippen LogP contribution is -2.40. The number of nitrogens with zero attached hydrogens (tertiary/aromatic N) is 1. The molecule has 1 aromatic heterocycles. The molecule has 1 aromatic carbocycles. The van der Waals surface area contributed by atoms with Crippen LogP contribution in [0.25, 0.3) is 0 Å². The molecule has 0 aliphatic heterocycles. The van der Waals surface area contributed by atoms with Crippen molar-refractivity contribution in [3.05, 3.63) is 53.7 Å². The number of aromatic nitrogens is 1. The predicted octanol–water partition coefficient (Wildman–Crippen LogP) is 4.30. The molecular weight excluding hydrogens is 308 g/mol. The van der Waals surface area contributed by atoms with Gasteiger partial charge in [0.1, 0.15) is 10.5 Å². The van der Waals surface area contributed by atoms with Gasteiger partial charge in [0, 0.05) is 23.6 Å². The molecule has 5 heteroatoms. The zero-order valence-electron chi connectivity index (χ0n) is 14.3. The van der Waals surface area contributed by atoms with E-state index in [2.05, 4.69) is 9.71 Å². The lowest BCUT2D eigenvalue weighted by Gasteiger charge is -2.26. The molecule has 23 heavy (non-hydrogen) atoms. The van der Waals surface area contributed by atoms with Gasteiger partial charge in [-0.3, -0.25) is 0 Å². The Balaban J connectivity index is 2.00. The van der Waals surface area contributed by atoms with Crippen LogP contribution >= 0.6 is 0 Å². The van der Waals surface area contributed by atoms with Gasteiger partial charge in [-0.2, -0.15) is 0 Å². The minimum Gasteiger partial charge on any atom is -0.598 e. The molecule has 1 heterocycles. The van der Waals surface area contributed by atoms with Crippen molar-refractivity contribution in [2.45, 2.75) is 45.4 Å². The lowest BCUT2D eigenvalue weighted by atomic mass is 10.2. The lowest BCUT2D eigenvalue weighted by molar-refractivity contribution is 0.462. The van der Waals surface area contributed by atoms with Crippen LogP contribution in [0.1, 0.15) is 44.9 Å². The Morgan fingerprint density at radius 3 is 2.30 bits per heavy atom. The maximum absolute atomic E-state index is 12.1. The number of benzene rings is 1. The fraction of sp³-hybridized carbons (Fsp3) is 0.389. The van der Waals surface area contributed by atoms with Crippen LogP contribution in [-0.2, 0) is 11.4 Å². The van der Waals surface area contributed by atoms with Crippen LogP contribution in [-0.4, -0.2) is 14.3 Å². The average Bonchev–Trinajstić information content (AvgIpc) is 2.49. The highest BCUT2D eigenvalue weighted by Gasteiger charge is 2.28. The molecule has 2 rings (SSSR count). The fourth-order valence-electron chi connectivity index (χ4n) is 1.84. The summed E-state index contributed by atoms with van der Waals surface area (Å²) in [7, 11) is 0. The van der Waals surface area contributed by atoms with Crippen molar-refractivity contribution in [3.63, 3.8) is 0 Å². The average molecular weight is 332 g/mol. The summed E-state index contributed by atoms with van der Waals surface area (Å²) in [6, 6.07) is 11.6. The van der Waals surface area contributed by atoms with Crippen LogP contribution < -0.4 is 9.46 Å². The molecule has 0 aliphatic carbocycles. The van der Waals surface area contributed by atoms with E-state index in [9.17, 15) is 4.55 Å². The van der Waals surface area contributed by atoms with Gasteiger partial charge >= 0.3 is 0 Å². The smallest absolute Gasteiger partial charge is 0.219 e. The number of ether oxygens (including phenoxy) is 1. The zero-order chi connectivity index (χ0) is 17.0. The molecule has 0 bridgehead atoms. The number of hydrogen-bond acceptors (Lipinski definition) is 4. The molecule has 0 aliphatic rings. The van der Waals surface area contributed by atoms with E-state index in [1.165, 1.54) is 5.56 Å². The molecule has 124 valence electrons. The number of hydrogen-bond donors (Lipinski definition) is 1. The van der Waals surface area contributed by atoms with Crippen molar-refractivity contribution < 1.29 is 9.29 Å². The van der Waals surface area contributed by atoms with E-state index in [4.69, 9.17) is 4.74 Å². The second kappa shape index (κ2) is 7.34. The van der Waals surface area contributed by atoms with Crippen molar-refractivity contribution in [1.29, 1.82) is 0 Å². The summed E-state index contributed by atoms with van der Waals surface area (Å²) in [5, 5.41) is 0.